The Morgan fingerprint density at radius 1 is 1.16 bits per heavy atom. The second-order valence-corrected chi connectivity index (χ2v) is 3.57. The number of rotatable bonds is 7. The van der Waals surface area contributed by atoms with Crippen molar-refractivity contribution < 1.29 is 23.8 Å². The third-order valence-corrected chi connectivity index (χ3v) is 2.16. The highest BCUT2D eigenvalue weighted by Crippen LogP contribution is 2.14. The van der Waals surface area contributed by atoms with Gasteiger partial charge in [0, 0.05) is 12.3 Å². The van der Waals surface area contributed by atoms with Crippen molar-refractivity contribution in [1.29, 1.82) is 0 Å². The van der Waals surface area contributed by atoms with Gasteiger partial charge in [-0.2, -0.15) is 0 Å². The number of hydrogen-bond acceptors (Lipinski definition) is 5. The fraction of sp³-hybridized carbons (Fsp3) is 0.385. The van der Waals surface area contributed by atoms with Crippen LogP contribution in [0, 0.1) is 0 Å². The number of ether oxygens (including phenoxy) is 3. The quantitative estimate of drug-likeness (QED) is 0.752. The highest BCUT2D eigenvalue weighted by Gasteiger charge is 2.07. The second kappa shape index (κ2) is 8.10. The number of benzene rings is 1. The van der Waals surface area contributed by atoms with Gasteiger partial charge in [0.1, 0.15) is 12.4 Å². The zero-order valence-electron chi connectivity index (χ0n) is 11.0. The van der Waals surface area contributed by atoms with E-state index in [1.165, 1.54) is 0 Å². The first-order valence-electron chi connectivity index (χ1n) is 5.83. The molecule has 0 aliphatic heterocycles. The summed E-state index contributed by atoms with van der Waals surface area (Å²) in [7, 11) is 1.56. The van der Waals surface area contributed by atoms with Crippen LogP contribution in [-0.2, 0) is 19.1 Å². The zero-order valence-corrected chi connectivity index (χ0v) is 11.0. The van der Waals surface area contributed by atoms with Crippen molar-refractivity contribution in [2.45, 2.75) is 6.92 Å². The molecule has 0 unspecified atom stereocenters. The summed E-state index contributed by atoms with van der Waals surface area (Å²) >= 11 is 0. The summed E-state index contributed by atoms with van der Waals surface area (Å²) in [6.07, 6.45) is 0. The molecular formula is C13H17NO5. The topological polar surface area (TPSA) is 73.9 Å². The highest BCUT2D eigenvalue weighted by atomic mass is 16.6. The number of methoxy groups -OCH3 is 1. The Bertz CT molecular complexity index is 416. The van der Waals surface area contributed by atoms with Crippen molar-refractivity contribution in [1.82, 2.24) is 0 Å². The molecule has 0 aromatic heterocycles. The van der Waals surface area contributed by atoms with Crippen LogP contribution in [0.15, 0.2) is 24.3 Å². The van der Waals surface area contributed by atoms with Crippen LogP contribution >= 0.6 is 0 Å². The van der Waals surface area contributed by atoms with E-state index in [2.05, 4.69) is 5.32 Å². The molecule has 1 N–H and O–H groups in total. The molecule has 0 bridgehead atoms. The Kier molecular flexibility index (Phi) is 6.38. The van der Waals surface area contributed by atoms with Gasteiger partial charge in [-0.05, 0) is 31.2 Å². The van der Waals surface area contributed by atoms with E-state index in [0.29, 0.717) is 18.0 Å². The van der Waals surface area contributed by atoms with E-state index in [1.54, 1.807) is 38.3 Å². The lowest BCUT2D eigenvalue weighted by Gasteiger charge is -2.07. The van der Waals surface area contributed by atoms with Crippen molar-refractivity contribution >= 4 is 17.6 Å². The van der Waals surface area contributed by atoms with Gasteiger partial charge in [0.05, 0.1) is 7.11 Å². The third kappa shape index (κ3) is 5.87. The Labute approximate surface area is 111 Å². The van der Waals surface area contributed by atoms with Crippen LogP contribution in [0.1, 0.15) is 6.92 Å². The van der Waals surface area contributed by atoms with Gasteiger partial charge in [-0.3, -0.25) is 4.79 Å². The van der Waals surface area contributed by atoms with Crippen LogP contribution in [0.4, 0.5) is 5.69 Å². The summed E-state index contributed by atoms with van der Waals surface area (Å²) in [5, 5.41) is 2.59. The van der Waals surface area contributed by atoms with E-state index in [1.807, 2.05) is 0 Å². The fourth-order valence-corrected chi connectivity index (χ4v) is 1.24. The monoisotopic (exact) mass is 267 g/mol. The molecule has 0 fully saturated rings. The molecule has 0 aliphatic rings. The Hall–Kier alpha value is -2.08. The average molecular weight is 267 g/mol. The minimum absolute atomic E-state index is 0.147. The number of nitrogens with one attached hydrogen (secondary N) is 1. The van der Waals surface area contributed by atoms with Gasteiger partial charge < -0.3 is 19.5 Å². The second-order valence-electron chi connectivity index (χ2n) is 3.57. The van der Waals surface area contributed by atoms with E-state index >= 15 is 0 Å². The Morgan fingerprint density at radius 2 is 1.84 bits per heavy atom. The van der Waals surface area contributed by atoms with Crippen molar-refractivity contribution in [2.24, 2.45) is 0 Å². The van der Waals surface area contributed by atoms with Crippen molar-refractivity contribution in [3.63, 3.8) is 0 Å². The molecule has 19 heavy (non-hydrogen) atoms. The van der Waals surface area contributed by atoms with Crippen molar-refractivity contribution in [3.8, 4) is 5.75 Å². The number of esters is 1. The summed E-state index contributed by atoms with van der Waals surface area (Å²) in [6.45, 7) is 1.71. The van der Waals surface area contributed by atoms with Crippen molar-refractivity contribution in [2.75, 3.05) is 32.2 Å². The van der Waals surface area contributed by atoms with Crippen molar-refractivity contribution in [3.05, 3.63) is 24.3 Å². The SMILES string of the molecule is CCOCC(=O)OCC(=O)Nc1ccc(OC)cc1. The molecule has 104 valence electrons. The summed E-state index contributed by atoms with van der Waals surface area (Å²) in [6, 6.07) is 6.82. The summed E-state index contributed by atoms with van der Waals surface area (Å²) in [5.41, 5.74) is 0.603. The minimum Gasteiger partial charge on any atom is -0.497 e. The van der Waals surface area contributed by atoms with E-state index in [0.717, 1.165) is 0 Å². The van der Waals surface area contributed by atoms with E-state index in [4.69, 9.17) is 14.2 Å². The summed E-state index contributed by atoms with van der Waals surface area (Å²) in [5.74, 6) is -0.275. The number of anilines is 1. The predicted molar refractivity (Wildman–Crippen MR) is 69.1 cm³/mol. The largest absolute Gasteiger partial charge is 0.497 e. The lowest BCUT2D eigenvalue weighted by molar-refractivity contribution is -0.151. The van der Waals surface area contributed by atoms with E-state index in [9.17, 15) is 9.59 Å². The first kappa shape index (κ1) is 15.0. The van der Waals surface area contributed by atoms with Crippen LogP contribution in [0.5, 0.6) is 5.75 Å². The molecule has 0 saturated heterocycles. The molecule has 0 aliphatic carbocycles. The molecule has 1 amide bonds. The molecule has 0 heterocycles. The van der Waals surface area contributed by atoms with Crippen LogP contribution in [0.3, 0.4) is 0 Å². The van der Waals surface area contributed by atoms with Crippen LogP contribution in [-0.4, -0.2) is 38.8 Å². The highest BCUT2D eigenvalue weighted by molar-refractivity contribution is 5.92. The van der Waals surface area contributed by atoms with Crippen LogP contribution in [0.25, 0.3) is 0 Å². The number of hydrogen-bond donors (Lipinski definition) is 1. The normalized spacial score (nSPS) is 9.79. The Morgan fingerprint density at radius 3 is 2.42 bits per heavy atom. The molecule has 6 heteroatoms. The zero-order chi connectivity index (χ0) is 14.1. The molecule has 6 nitrogen and oxygen atoms in total. The molecule has 1 aromatic carbocycles. The van der Waals surface area contributed by atoms with Gasteiger partial charge in [0.2, 0.25) is 0 Å². The molecule has 1 rings (SSSR count). The third-order valence-electron chi connectivity index (χ3n) is 2.16. The number of carbonyl (C=O) groups excluding carboxylic acids is 2. The van der Waals surface area contributed by atoms with Gasteiger partial charge in [-0.15, -0.1) is 0 Å². The molecular weight excluding hydrogens is 250 g/mol. The maximum atomic E-state index is 11.5. The van der Waals surface area contributed by atoms with E-state index in [-0.39, 0.29) is 13.2 Å². The summed E-state index contributed by atoms with van der Waals surface area (Å²) < 4.78 is 14.6. The standard InChI is InChI=1S/C13H17NO5/c1-3-18-9-13(16)19-8-12(15)14-10-4-6-11(17-2)7-5-10/h4-7H,3,8-9H2,1-2H3,(H,14,15). The van der Waals surface area contributed by atoms with Crippen LogP contribution < -0.4 is 10.1 Å². The van der Waals surface area contributed by atoms with Gasteiger partial charge in [0.25, 0.3) is 5.91 Å². The maximum absolute atomic E-state index is 11.5. The predicted octanol–water partition coefficient (Wildman–Crippen LogP) is 1.21. The Balaban J connectivity index is 2.32. The number of amides is 1. The van der Waals surface area contributed by atoms with Crippen LogP contribution in [0.2, 0.25) is 0 Å². The smallest absolute Gasteiger partial charge is 0.332 e. The molecule has 0 saturated carbocycles. The van der Waals surface area contributed by atoms with Gasteiger partial charge >= 0.3 is 5.97 Å². The first-order valence-corrected chi connectivity index (χ1v) is 5.83. The lowest BCUT2D eigenvalue weighted by Crippen LogP contribution is -2.22. The molecule has 0 atom stereocenters. The van der Waals surface area contributed by atoms with Gasteiger partial charge in [0.15, 0.2) is 6.61 Å². The van der Waals surface area contributed by atoms with Gasteiger partial charge in [-0.25, -0.2) is 4.79 Å². The lowest BCUT2D eigenvalue weighted by atomic mass is 10.3. The fourth-order valence-electron chi connectivity index (χ4n) is 1.24. The molecule has 1 aromatic rings. The average Bonchev–Trinajstić information content (AvgIpc) is 2.43. The maximum Gasteiger partial charge on any atom is 0.332 e. The molecule has 0 spiro atoms. The van der Waals surface area contributed by atoms with E-state index < -0.39 is 11.9 Å². The molecule has 0 radical (unpaired) electrons. The summed E-state index contributed by atoms with van der Waals surface area (Å²) in [4.78, 5) is 22.6. The van der Waals surface area contributed by atoms with Gasteiger partial charge in [-0.1, -0.05) is 0 Å². The number of carbonyl (C=O) groups is 2. The minimum atomic E-state index is -0.563. The first-order chi connectivity index (χ1) is 9.15.